The quantitative estimate of drug-likeness (QED) is 0.455. The predicted octanol–water partition coefficient (Wildman–Crippen LogP) is 3.19. The van der Waals surface area contributed by atoms with E-state index in [0.717, 1.165) is 5.56 Å². The number of Topliss-reactive ketones (excluding diaryl/α,β-unsaturated/α-hetero) is 1. The van der Waals surface area contributed by atoms with Gasteiger partial charge in [0.05, 0.1) is 21.3 Å². The molecule has 160 valence electrons. The van der Waals surface area contributed by atoms with Crippen LogP contribution < -0.4 is 23.7 Å². The Bertz CT molecular complexity index is 912. The summed E-state index contributed by atoms with van der Waals surface area (Å²) >= 11 is 0. The van der Waals surface area contributed by atoms with Gasteiger partial charge >= 0.3 is 5.97 Å². The van der Waals surface area contributed by atoms with Gasteiger partial charge in [-0.2, -0.15) is 0 Å². The number of methoxy groups -OCH3 is 3. The van der Waals surface area contributed by atoms with Gasteiger partial charge in [0.15, 0.2) is 28.8 Å². The molecule has 0 amide bonds. The summed E-state index contributed by atoms with van der Waals surface area (Å²) in [6.45, 7) is 1.49. The zero-order valence-corrected chi connectivity index (χ0v) is 17.4. The largest absolute Gasteiger partial charge is 0.493 e. The highest BCUT2D eigenvalue weighted by Crippen LogP contribution is 2.38. The molecule has 30 heavy (non-hydrogen) atoms. The molecular weight excluding hydrogens is 392 g/mol. The molecule has 1 aliphatic heterocycles. The van der Waals surface area contributed by atoms with Gasteiger partial charge in [0.2, 0.25) is 12.5 Å². The van der Waals surface area contributed by atoms with Gasteiger partial charge < -0.3 is 28.4 Å². The van der Waals surface area contributed by atoms with Crippen molar-refractivity contribution in [1.29, 1.82) is 0 Å². The van der Waals surface area contributed by atoms with Crippen molar-refractivity contribution < 1.29 is 38.0 Å². The predicted molar refractivity (Wildman–Crippen MR) is 107 cm³/mol. The van der Waals surface area contributed by atoms with E-state index in [-0.39, 0.29) is 19.0 Å². The van der Waals surface area contributed by atoms with E-state index in [0.29, 0.717) is 40.7 Å². The van der Waals surface area contributed by atoms with Crippen molar-refractivity contribution in [1.82, 2.24) is 0 Å². The number of carbonyl (C=O) groups excluding carboxylic acids is 2. The molecule has 2 aromatic carbocycles. The van der Waals surface area contributed by atoms with Gasteiger partial charge in [-0.3, -0.25) is 9.59 Å². The smallest absolute Gasteiger partial charge is 0.302 e. The molecule has 8 heteroatoms. The van der Waals surface area contributed by atoms with Crippen LogP contribution in [0.2, 0.25) is 0 Å². The fourth-order valence-corrected chi connectivity index (χ4v) is 3.29. The van der Waals surface area contributed by atoms with Crippen molar-refractivity contribution in [2.75, 3.05) is 28.1 Å². The number of esters is 1. The maximum Gasteiger partial charge on any atom is 0.302 e. The van der Waals surface area contributed by atoms with Crippen molar-refractivity contribution in [3.05, 3.63) is 41.5 Å². The third-order valence-electron chi connectivity index (χ3n) is 4.63. The Hall–Kier alpha value is -3.42. The van der Waals surface area contributed by atoms with Gasteiger partial charge in [-0.1, -0.05) is 6.07 Å². The summed E-state index contributed by atoms with van der Waals surface area (Å²) in [5.74, 6) is 1.76. The number of rotatable bonds is 9. The average Bonchev–Trinajstić information content (AvgIpc) is 3.19. The second kappa shape index (κ2) is 9.39. The van der Waals surface area contributed by atoms with Gasteiger partial charge in [-0.05, 0) is 29.8 Å². The molecule has 1 aliphatic rings. The zero-order chi connectivity index (χ0) is 21.7. The third-order valence-corrected chi connectivity index (χ3v) is 4.63. The van der Waals surface area contributed by atoms with Crippen LogP contribution in [0.3, 0.4) is 0 Å². The van der Waals surface area contributed by atoms with Crippen LogP contribution in [-0.2, 0) is 16.0 Å². The Morgan fingerprint density at radius 3 is 2.23 bits per heavy atom. The number of benzene rings is 2. The molecule has 0 fully saturated rings. The van der Waals surface area contributed by atoms with E-state index in [4.69, 9.17) is 28.4 Å². The Labute approximate surface area is 174 Å². The molecule has 2 aromatic rings. The van der Waals surface area contributed by atoms with Gasteiger partial charge in [0.25, 0.3) is 0 Å². The van der Waals surface area contributed by atoms with Gasteiger partial charge in [0.1, 0.15) is 6.10 Å². The third kappa shape index (κ3) is 4.76. The number of fused-ring (bicyclic) bond motifs is 1. The summed E-state index contributed by atoms with van der Waals surface area (Å²) in [4.78, 5) is 24.6. The molecule has 3 rings (SSSR count). The standard InChI is InChI=1S/C22H24O8/c1-13(23)30-16(7-14-5-6-18-19(8-14)29-12-28-18)11-17(24)15-9-20(25-2)22(27-4)21(10-15)26-3/h5-6,8-10,16H,7,11-12H2,1-4H3/t16-/m0/s1. The van der Waals surface area contributed by atoms with Crippen LogP contribution in [0.4, 0.5) is 0 Å². The molecule has 1 atom stereocenters. The van der Waals surface area contributed by atoms with E-state index < -0.39 is 12.1 Å². The van der Waals surface area contributed by atoms with Crippen molar-refractivity contribution in [3.63, 3.8) is 0 Å². The highest BCUT2D eigenvalue weighted by Gasteiger charge is 2.23. The first-order valence-corrected chi connectivity index (χ1v) is 9.34. The van der Waals surface area contributed by atoms with E-state index in [1.165, 1.54) is 28.3 Å². The zero-order valence-electron chi connectivity index (χ0n) is 17.4. The second-order valence-electron chi connectivity index (χ2n) is 6.66. The Morgan fingerprint density at radius 1 is 0.967 bits per heavy atom. The van der Waals surface area contributed by atoms with Gasteiger partial charge in [0, 0.05) is 25.3 Å². The number of hydrogen-bond donors (Lipinski definition) is 0. The molecule has 0 aromatic heterocycles. The molecule has 0 N–H and O–H groups in total. The summed E-state index contributed by atoms with van der Waals surface area (Å²) in [5.41, 5.74) is 1.23. The first-order valence-electron chi connectivity index (χ1n) is 9.34. The Balaban J connectivity index is 1.81. The molecule has 8 nitrogen and oxygen atoms in total. The van der Waals surface area contributed by atoms with E-state index in [1.54, 1.807) is 18.2 Å². The van der Waals surface area contributed by atoms with Crippen molar-refractivity contribution >= 4 is 11.8 Å². The van der Waals surface area contributed by atoms with E-state index in [2.05, 4.69) is 0 Å². The highest BCUT2D eigenvalue weighted by atomic mass is 16.7. The van der Waals surface area contributed by atoms with Crippen LogP contribution >= 0.6 is 0 Å². The normalized spacial score (nSPS) is 12.8. The highest BCUT2D eigenvalue weighted by molar-refractivity contribution is 5.97. The van der Waals surface area contributed by atoms with Crippen molar-refractivity contribution in [3.8, 4) is 28.7 Å². The van der Waals surface area contributed by atoms with Crippen LogP contribution in [0, 0.1) is 0 Å². The van der Waals surface area contributed by atoms with Crippen LogP contribution in [0.1, 0.15) is 29.3 Å². The monoisotopic (exact) mass is 416 g/mol. The average molecular weight is 416 g/mol. The SMILES string of the molecule is COc1cc(C(=O)C[C@H](Cc2ccc3c(c2)OCO3)OC(C)=O)cc(OC)c1OC. The summed E-state index contributed by atoms with van der Waals surface area (Å²) < 4.78 is 32.0. The molecular formula is C22H24O8. The first-order chi connectivity index (χ1) is 14.4. The molecule has 0 saturated heterocycles. The minimum absolute atomic E-state index is 0.00728. The molecule has 1 heterocycles. The molecule has 0 bridgehead atoms. The van der Waals surface area contributed by atoms with E-state index in [1.807, 2.05) is 12.1 Å². The van der Waals surface area contributed by atoms with Crippen LogP contribution in [0.15, 0.2) is 30.3 Å². The molecule has 0 unspecified atom stereocenters. The summed E-state index contributed by atoms with van der Waals surface area (Å²) in [6.07, 6.45) is -0.298. The maximum atomic E-state index is 13.0. The first kappa shape index (κ1) is 21.3. The van der Waals surface area contributed by atoms with Crippen molar-refractivity contribution in [2.24, 2.45) is 0 Å². The summed E-state index contributed by atoms with van der Waals surface area (Å²) in [5, 5.41) is 0. The van der Waals surface area contributed by atoms with Crippen molar-refractivity contribution in [2.45, 2.75) is 25.9 Å². The van der Waals surface area contributed by atoms with Crippen LogP contribution in [-0.4, -0.2) is 46.0 Å². The molecule has 0 spiro atoms. The number of ether oxygens (including phenoxy) is 6. The Kier molecular flexibility index (Phi) is 6.66. The lowest BCUT2D eigenvalue weighted by molar-refractivity contribution is -0.146. The second-order valence-corrected chi connectivity index (χ2v) is 6.66. The van der Waals surface area contributed by atoms with Gasteiger partial charge in [-0.25, -0.2) is 0 Å². The number of hydrogen-bond acceptors (Lipinski definition) is 8. The topological polar surface area (TPSA) is 89.5 Å². The molecule has 0 aliphatic carbocycles. The number of ketones is 1. The number of carbonyl (C=O) groups is 2. The van der Waals surface area contributed by atoms with Crippen LogP contribution in [0.25, 0.3) is 0 Å². The lowest BCUT2D eigenvalue weighted by Gasteiger charge is -2.18. The fourth-order valence-electron chi connectivity index (χ4n) is 3.29. The molecule has 0 saturated carbocycles. The minimum Gasteiger partial charge on any atom is -0.493 e. The maximum absolute atomic E-state index is 13.0. The summed E-state index contributed by atoms with van der Waals surface area (Å²) in [6, 6.07) is 8.63. The fraction of sp³-hybridized carbons (Fsp3) is 0.364. The molecule has 0 radical (unpaired) electrons. The Morgan fingerprint density at radius 2 is 1.63 bits per heavy atom. The summed E-state index contributed by atoms with van der Waals surface area (Å²) in [7, 11) is 4.45. The lowest BCUT2D eigenvalue weighted by Crippen LogP contribution is -2.23. The minimum atomic E-state index is -0.644. The van der Waals surface area contributed by atoms with Crippen LogP contribution in [0.5, 0.6) is 28.7 Å². The lowest BCUT2D eigenvalue weighted by atomic mass is 9.99. The van der Waals surface area contributed by atoms with Gasteiger partial charge in [-0.15, -0.1) is 0 Å². The van der Waals surface area contributed by atoms with E-state index >= 15 is 0 Å². The van der Waals surface area contributed by atoms with E-state index in [9.17, 15) is 9.59 Å².